The Morgan fingerprint density at radius 3 is 2.39 bits per heavy atom. The summed E-state index contributed by atoms with van der Waals surface area (Å²) >= 11 is 0. The first-order valence-corrected chi connectivity index (χ1v) is 13.3. The van der Waals surface area contributed by atoms with Gasteiger partial charge < -0.3 is 19.4 Å². The highest BCUT2D eigenvalue weighted by Gasteiger charge is 2.27. The van der Waals surface area contributed by atoms with E-state index in [0.29, 0.717) is 24.2 Å². The Labute approximate surface area is 224 Å². The second-order valence-corrected chi connectivity index (χ2v) is 10.6. The number of amides is 2. The Hall–Kier alpha value is -3.72. The third kappa shape index (κ3) is 8.14. The zero-order valence-corrected chi connectivity index (χ0v) is 22.5. The molecule has 9 nitrogen and oxygen atoms in total. The molecule has 4 rings (SSSR count). The molecule has 1 aromatic heterocycles. The smallest absolute Gasteiger partial charge is 0.418 e. The fourth-order valence-corrected chi connectivity index (χ4v) is 4.34. The van der Waals surface area contributed by atoms with E-state index < -0.39 is 11.7 Å². The standard InChI is InChI=1S/C29H37N5O4/c1-29(2,3)38-28(36)34(20-10-19-33-17-8-5-9-18-33)27-32-31-26(37-27)23-13-15-24(16-14-23)30-25(35)21-22-11-6-4-7-12-22/h4,6-7,11-16H,5,8-10,17-21H2,1-3H3,(H,30,35). The van der Waals surface area contributed by atoms with Crippen molar-refractivity contribution >= 4 is 23.7 Å². The van der Waals surface area contributed by atoms with Crippen LogP contribution in [0.4, 0.5) is 16.5 Å². The van der Waals surface area contributed by atoms with Gasteiger partial charge in [-0.1, -0.05) is 41.9 Å². The van der Waals surface area contributed by atoms with Crippen LogP contribution in [-0.2, 0) is 16.0 Å². The van der Waals surface area contributed by atoms with Crippen LogP contribution < -0.4 is 10.2 Å². The van der Waals surface area contributed by atoms with Crippen molar-refractivity contribution in [1.29, 1.82) is 0 Å². The lowest BCUT2D eigenvalue weighted by Crippen LogP contribution is -2.39. The van der Waals surface area contributed by atoms with Crippen LogP contribution in [0.25, 0.3) is 11.5 Å². The van der Waals surface area contributed by atoms with E-state index in [0.717, 1.165) is 31.6 Å². The molecule has 2 heterocycles. The van der Waals surface area contributed by atoms with Gasteiger partial charge in [0.1, 0.15) is 5.60 Å². The van der Waals surface area contributed by atoms with Gasteiger partial charge in [0, 0.05) is 17.8 Å². The van der Waals surface area contributed by atoms with Gasteiger partial charge >= 0.3 is 12.1 Å². The van der Waals surface area contributed by atoms with Crippen molar-refractivity contribution in [3.63, 3.8) is 0 Å². The van der Waals surface area contributed by atoms with Gasteiger partial charge in [-0.05, 0) is 89.5 Å². The SMILES string of the molecule is CC(C)(C)OC(=O)N(CCCN1CCCCC1)c1nnc(-c2ccc(NC(=O)Cc3ccccc3)cc2)o1. The molecule has 0 spiro atoms. The number of benzene rings is 2. The Bertz CT molecular complexity index is 1180. The van der Waals surface area contributed by atoms with Crippen molar-refractivity contribution < 1.29 is 18.7 Å². The highest BCUT2D eigenvalue weighted by atomic mass is 16.6. The van der Waals surface area contributed by atoms with Crippen molar-refractivity contribution in [3.05, 3.63) is 60.2 Å². The minimum absolute atomic E-state index is 0.0958. The summed E-state index contributed by atoms with van der Waals surface area (Å²) < 4.78 is 11.5. The molecule has 2 amide bonds. The second kappa shape index (κ2) is 12.7. The van der Waals surface area contributed by atoms with Crippen LogP contribution in [0, 0.1) is 0 Å². The third-order valence-corrected chi connectivity index (χ3v) is 6.19. The quantitative estimate of drug-likeness (QED) is 0.396. The minimum atomic E-state index is -0.647. The van der Waals surface area contributed by atoms with E-state index in [1.807, 2.05) is 51.1 Å². The summed E-state index contributed by atoms with van der Waals surface area (Å²) in [6.07, 6.45) is 4.29. The Kier molecular flexibility index (Phi) is 9.12. The highest BCUT2D eigenvalue weighted by molar-refractivity contribution is 5.92. The number of anilines is 2. The third-order valence-electron chi connectivity index (χ3n) is 6.19. The van der Waals surface area contributed by atoms with Crippen LogP contribution in [0.15, 0.2) is 59.0 Å². The number of hydrogen-bond donors (Lipinski definition) is 1. The average molecular weight is 520 g/mol. The summed E-state index contributed by atoms with van der Waals surface area (Å²) in [5.41, 5.74) is 1.65. The fraction of sp³-hybridized carbons (Fsp3) is 0.448. The van der Waals surface area contributed by atoms with Crippen LogP contribution in [0.5, 0.6) is 0 Å². The molecule has 1 saturated heterocycles. The van der Waals surface area contributed by atoms with E-state index in [1.54, 1.807) is 24.3 Å². The number of piperidine rings is 1. The summed E-state index contributed by atoms with van der Waals surface area (Å²) in [6, 6.07) is 16.8. The number of ether oxygens (including phenoxy) is 1. The van der Waals surface area contributed by atoms with E-state index in [9.17, 15) is 9.59 Å². The molecule has 2 aromatic carbocycles. The molecule has 202 valence electrons. The molecule has 0 unspecified atom stereocenters. The molecule has 0 atom stereocenters. The highest BCUT2D eigenvalue weighted by Crippen LogP contribution is 2.25. The predicted molar refractivity (Wildman–Crippen MR) is 147 cm³/mol. The van der Waals surface area contributed by atoms with E-state index in [-0.39, 0.29) is 17.8 Å². The molecule has 3 aromatic rings. The Morgan fingerprint density at radius 2 is 1.71 bits per heavy atom. The molecule has 1 N–H and O–H groups in total. The number of nitrogens with zero attached hydrogens (tertiary/aromatic N) is 4. The Balaban J connectivity index is 1.40. The monoisotopic (exact) mass is 519 g/mol. The number of hydrogen-bond acceptors (Lipinski definition) is 7. The lowest BCUT2D eigenvalue weighted by atomic mass is 10.1. The van der Waals surface area contributed by atoms with Crippen LogP contribution >= 0.6 is 0 Å². The first-order valence-electron chi connectivity index (χ1n) is 13.3. The van der Waals surface area contributed by atoms with Crippen molar-refractivity contribution in [2.75, 3.05) is 36.4 Å². The topological polar surface area (TPSA) is 101 Å². The van der Waals surface area contributed by atoms with Gasteiger partial charge in [0.15, 0.2) is 0 Å². The molecule has 1 fully saturated rings. The summed E-state index contributed by atoms with van der Waals surface area (Å²) in [7, 11) is 0. The van der Waals surface area contributed by atoms with Crippen molar-refractivity contribution in [1.82, 2.24) is 15.1 Å². The maximum absolute atomic E-state index is 13.0. The van der Waals surface area contributed by atoms with Gasteiger partial charge in [0.25, 0.3) is 0 Å². The predicted octanol–water partition coefficient (Wildman–Crippen LogP) is 5.54. The number of rotatable bonds is 9. The molecule has 0 saturated carbocycles. The van der Waals surface area contributed by atoms with E-state index in [1.165, 1.54) is 24.2 Å². The number of likely N-dealkylation sites (tertiary alicyclic amines) is 1. The second-order valence-electron chi connectivity index (χ2n) is 10.6. The molecule has 0 aliphatic carbocycles. The number of carbonyl (C=O) groups excluding carboxylic acids is 2. The van der Waals surface area contributed by atoms with Gasteiger partial charge in [-0.2, -0.15) is 0 Å². The van der Waals surface area contributed by atoms with Crippen LogP contribution in [0.1, 0.15) is 52.0 Å². The van der Waals surface area contributed by atoms with Gasteiger partial charge in [0.2, 0.25) is 11.8 Å². The maximum atomic E-state index is 13.0. The lowest BCUT2D eigenvalue weighted by Gasteiger charge is -2.28. The van der Waals surface area contributed by atoms with Gasteiger partial charge in [0.05, 0.1) is 6.42 Å². The zero-order chi connectivity index (χ0) is 27.0. The van der Waals surface area contributed by atoms with Crippen LogP contribution in [0.2, 0.25) is 0 Å². The van der Waals surface area contributed by atoms with E-state index in [2.05, 4.69) is 20.4 Å². The van der Waals surface area contributed by atoms with E-state index >= 15 is 0 Å². The number of nitrogens with one attached hydrogen (secondary N) is 1. The van der Waals surface area contributed by atoms with E-state index in [4.69, 9.17) is 9.15 Å². The zero-order valence-electron chi connectivity index (χ0n) is 22.5. The van der Waals surface area contributed by atoms with Gasteiger partial charge in [-0.3, -0.25) is 4.79 Å². The minimum Gasteiger partial charge on any atom is -0.443 e. The van der Waals surface area contributed by atoms with Crippen molar-refractivity contribution in [3.8, 4) is 11.5 Å². The molecule has 1 aliphatic rings. The number of aromatic nitrogens is 2. The van der Waals surface area contributed by atoms with Crippen LogP contribution in [-0.4, -0.2) is 58.9 Å². The summed E-state index contributed by atoms with van der Waals surface area (Å²) in [6.45, 7) is 9.00. The molecular formula is C29H37N5O4. The van der Waals surface area contributed by atoms with Crippen molar-refractivity contribution in [2.45, 2.75) is 58.5 Å². The molecule has 38 heavy (non-hydrogen) atoms. The lowest BCUT2D eigenvalue weighted by molar-refractivity contribution is -0.115. The average Bonchev–Trinajstić information content (AvgIpc) is 3.37. The molecule has 0 bridgehead atoms. The largest absolute Gasteiger partial charge is 0.443 e. The van der Waals surface area contributed by atoms with Crippen molar-refractivity contribution in [2.24, 2.45) is 0 Å². The normalized spacial score (nSPS) is 14.2. The molecule has 0 radical (unpaired) electrons. The van der Waals surface area contributed by atoms with Gasteiger partial charge in [-0.25, -0.2) is 9.69 Å². The Morgan fingerprint density at radius 1 is 1.00 bits per heavy atom. The first-order chi connectivity index (χ1) is 18.3. The van der Waals surface area contributed by atoms with Gasteiger partial charge in [-0.15, -0.1) is 5.10 Å². The number of carbonyl (C=O) groups is 2. The fourth-order valence-electron chi connectivity index (χ4n) is 4.34. The summed E-state index contributed by atoms with van der Waals surface area (Å²) in [4.78, 5) is 29.2. The molecule has 1 aliphatic heterocycles. The summed E-state index contributed by atoms with van der Waals surface area (Å²) in [5.74, 6) is 0.188. The maximum Gasteiger partial charge on any atom is 0.418 e. The van der Waals surface area contributed by atoms with Crippen LogP contribution in [0.3, 0.4) is 0 Å². The first kappa shape index (κ1) is 27.3. The summed E-state index contributed by atoms with van der Waals surface area (Å²) in [5, 5.41) is 11.2. The molecular weight excluding hydrogens is 482 g/mol. The molecule has 9 heteroatoms.